The van der Waals surface area contributed by atoms with Gasteiger partial charge in [0.15, 0.2) is 0 Å². The first-order valence-electron chi connectivity index (χ1n) is 3.54. The molecule has 0 amide bonds. The van der Waals surface area contributed by atoms with Crippen molar-refractivity contribution in [2.24, 2.45) is 0 Å². The summed E-state index contributed by atoms with van der Waals surface area (Å²) in [5.41, 5.74) is -0.121. The molecule has 0 fully saturated rings. The highest BCUT2D eigenvalue weighted by Crippen LogP contribution is 2.18. The molecule has 0 unspecified atom stereocenters. The first-order chi connectivity index (χ1) is 6.56. The van der Waals surface area contributed by atoms with Crippen LogP contribution in [0.4, 0.5) is 0 Å². The molecular weight excluding hydrogens is 210 g/mol. The number of Topliss-reactive ketones (excluding diaryl/α,β-unsaturated/α-hetero) is 1. The summed E-state index contributed by atoms with van der Waals surface area (Å²) in [5.74, 6) is -2.73. The molecule has 1 N–H and O–H groups in total. The number of aliphatic carboxylic acids is 1. The Bertz CT molecular complexity index is 391. The largest absolute Gasteiger partial charge is 0.480 e. The molecule has 1 rings (SSSR count). The fourth-order valence-corrected chi connectivity index (χ4v) is 1.00. The lowest BCUT2D eigenvalue weighted by atomic mass is 10.2. The predicted octanol–water partition coefficient (Wildman–Crippen LogP) is 1.01. The quantitative estimate of drug-likeness (QED) is 0.463. The summed E-state index contributed by atoms with van der Waals surface area (Å²) in [6, 6.07) is 2.57. The monoisotopic (exact) mass is 215 g/mol. The van der Waals surface area contributed by atoms with Crippen molar-refractivity contribution < 1.29 is 19.4 Å². The number of methoxy groups -OCH3 is 1. The van der Waals surface area contributed by atoms with Gasteiger partial charge in [-0.15, -0.1) is 0 Å². The van der Waals surface area contributed by atoms with E-state index in [0.717, 1.165) is 0 Å². The third-order valence-corrected chi connectivity index (χ3v) is 1.67. The number of halogens is 1. The van der Waals surface area contributed by atoms with E-state index >= 15 is 0 Å². The molecule has 1 aromatic rings. The maximum atomic E-state index is 11.1. The number of hydrogen-bond acceptors (Lipinski definition) is 4. The molecule has 0 saturated heterocycles. The molecule has 74 valence electrons. The molecule has 0 aliphatic carbocycles. The second-order valence-electron chi connectivity index (χ2n) is 2.33. The Morgan fingerprint density at radius 3 is 2.64 bits per heavy atom. The number of carboxylic acids is 1. The van der Waals surface area contributed by atoms with Crippen LogP contribution in [0.2, 0.25) is 5.15 Å². The molecular formula is C8H6ClNO4. The number of carbonyl (C=O) groups is 2. The minimum atomic E-state index is -1.56. The topological polar surface area (TPSA) is 76.5 Å². The van der Waals surface area contributed by atoms with Crippen LogP contribution >= 0.6 is 11.6 Å². The number of carboxylic acid groups (broad SMARTS) is 1. The predicted molar refractivity (Wildman–Crippen MR) is 47.8 cm³/mol. The molecule has 1 aromatic heterocycles. The van der Waals surface area contributed by atoms with Crippen molar-refractivity contribution in [3.63, 3.8) is 0 Å². The average Bonchev–Trinajstić information content (AvgIpc) is 2.16. The van der Waals surface area contributed by atoms with E-state index in [2.05, 4.69) is 4.98 Å². The molecule has 0 aromatic carbocycles. The number of aromatic nitrogens is 1. The summed E-state index contributed by atoms with van der Waals surface area (Å²) >= 11 is 5.53. The van der Waals surface area contributed by atoms with Crippen LogP contribution in [0.3, 0.4) is 0 Å². The summed E-state index contributed by atoms with van der Waals surface area (Å²) in [7, 11) is 1.28. The van der Waals surface area contributed by atoms with Crippen LogP contribution in [0.1, 0.15) is 10.4 Å². The summed E-state index contributed by atoms with van der Waals surface area (Å²) in [6.07, 6.45) is 0. The van der Waals surface area contributed by atoms with Crippen LogP contribution < -0.4 is 4.74 Å². The lowest BCUT2D eigenvalue weighted by Gasteiger charge is -2.03. The van der Waals surface area contributed by atoms with Gasteiger partial charge in [-0.25, -0.2) is 9.78 Å². The Labute approximate surface area is 84.3 Å². The van der Waals surface area contributed by atoms with Crippen molar-refractivity contribution >= 4 is 23.4 Å². The number of rotatable bonds is 3. The van der Waals surface area contributed by atoms with Gasteiger partial charge in [-0.05, 0) is 12.1 Å². The van der Waals surface area contributed by atoms with Crippen molar-refractivity contribution in [3.8, 4) is 5.88 Å². The van der Waals surface area contributed by atoms with E-state index in [1.807, 2.05) is 0 Å². The molecule has 0 spiro atoms. The Kier molecular flexibility index (Phi) is 3.03. The van der Waals surface area contributed by atoms with E-state index in [9.17, 15) is 9.59 Å². The lowest BCUT2D eigenvalue weighted by Crippen LogP contribution is -2.14. The number of hydrogen-bond donors (Lipinski definition) is 1. The fourth-order valence-electron chi connectivity index (χ4n) is 0.862. The number of nitrogens with zero attached hydrogens (tertiary/aromatic N) is 1. The first kappa shape index (κ1) is 10.5. The third kappa shape index (κ3) is 2.00. The van der Waals surface area contributed by atoms with Gasteiger partial charge in [0.25, 0.3) is 5.78 Å². The molecule has 0 radical (unpaired) electrons. The van der Waals surface area contributed by atoms with Gasteiger partial charge in [-0.1, -0.05) is 11.6 Å². The number of ether oxygens (including phenoxy) is 1. The van der Waals surface area contributed by atoms with E-state index in [4.69, 9.17) is 21.4 Å². The molecule has 14 heavy (non-hydrogen) atoms. The molecule has 5 nitrogen and oxygen atoms in total. The van der Waals surface area contributed by atoms with E-state index in [1.165, 1.54) is 19.2 Å². The van der Waals surface area contributed by atoms with E-state index in [1.54, 1.807) is 0 Å². The first-order valence-corrected chi connectivity index (χ1v) is 3.92. The molecule has 0 atom stereocenters. The summed E-state index contributed by atoms with van der Waals surface area (Å²) in [6.45, 7) is 0. The molecule has 0 saturated carbocycles. The van der Waals surface area contributed by atoms with Crippen molar-refractivity contribution in [1.82, 2.24) is 4.98 Å². The normalized spacial score (nSPS) is 9.57. The smallest absolute Gasteiger partial charge is 0.377 e. The molecule has 6 heteroatoms. The number of ketones is 1. The molecule has 0 aliphatic rings. The Morgan fingerprint density at radius 2 is 2.14 bits per heavy atom. The molecule has 0 bridgehead atoms. The summed E-state index contributed by atoms with van der Waals surface area (Å²) in [5, 5.41) is 8.59. The van der Waals surface area contributed by atoms with Crippen LogP contribution in [0.15, 0.2) is 12.1 Å². The van der Waals surface area contributed by atoms with Crippen molar-refractivity contribution in [2.45, 2.75) is 0 Å². The van der Waals surface area contributed by atoms with Gasteiger partial charge in [0, 0.05) is 0 Å². The average molecular weight is 216 g/mol. The van der Waals surface area contributed by atoms with Crippen LogP contribution in [0, 0.1) is 0 Å². The van der Waals surface area contributed by atoms with E-state index in [0.29, 0.717) is 0 Å². The zero-order chi connectivity index (χ0) is 10.7. The van der Waals surface area contributed by atoms with Gasteiger partial charge in [0.1, 0.15) is 5.15 Å². The number of pyridine rings is 1. The van der Waals surface area contributed by atoms with Crippen LogP contribution in [0.5, 0.6) is 5.88 Å². The maximum Gasteiger partial charge on any atom is 0.377 e. The van der Waals surface area contributed by atoms with Crippen LogP contribution in [-0.2, 0) is 4.79 Å². The lowest BCUT2D eigenvalue weighted by molar-refractivity contribution is -0.131. The van der Waals surface area contributed by atoms with Gasteiger partial charge in [-0.3, -0.25) is 4.79 Å². The van der Waals surface area contributed by atoms with Gasteiger partial charge in [0.05, 0.1) is 12.7 Å². The van der Waals surface area contributed by atoms with Gasteiger partial charge >= 0.3 is 5.97 Å². The number of carbonyl (C=O) groups excluding carboxylic acids is 1. The van der Waals surface area contributed by atoms with Crippen LogP contribution in [-0.4, -0.2) is 29.0 Å². The van der Waals surface area contributed by atoms with E-state index in [-0.39, 0.29) is 16.6 Å². The Morgan fingerprint density at radius 1 is 1.50 bits per heavy atom. The van der Waals surface area contributed by atoms with Crippen molar-refractivity contribution in [3.05, 3.63) is 22.8 Å². The highest BCUT2D eigenvalue weighted by molar-refractivity contribution is 6.40. The van der Waals surface area contributed by atoms with Gasteiger partial charge in [0.2, 0.25) is 5.88 Å². The van der Waals surface area contributed by atoms with E-state index < -0.39 is 11.8 Å². The standard InChI is InChI=1S/C8H6ClNO4/c1-14-7-4(6(11)8(12)13)2-3-5(9)10-7/h2-3H,1H3,(H,12,13). The maximum absolute atomic E-state index is 11.1. The minimum Gasteiger partial charge on any atom is -0.480 e. The summed E-state index contributed by atoms with van der Waals surface area (Å²) in [4.78, 5) is 25.1. The molecule has 1 heterocycles. The van der Waals surface area contributed by atoms with Gasteiger partial charge in [-0.2, -0.15) is 0 Å². The second kappa shape index (κ2) is 4.06. The van der Waals surface area contributed by atoms with Crippen LogP contribution in [0.25, 0.3) is 0 Å². The fraction of sp³-hybridized carbons (Fsp3) is 0.125. The zero-order valence-electron chi connectivity index (χ0n) is 7.15. The Hall–Kier alpha value is -1.62. The highest BCUT2D eigenvalue weighted by Gasteiger charge is 2.20. The second-order valence-corrected chi connectivity index (χ2v) is 2.71. The minimum absolute atomic E-state index is 0.0927. The summed E-state index contributed by atoms with van der Waals surface area (Å²) < 4.78 is 4.72. The SMILES string of the molecule is COc1nc(Cl)ccc1C(=O)C(=O)O. The van der Waals surface area contributed by atoms with Crippen molar-refractivity contribution in [1.29, 1.82) is 0 Å². The molecule has 0 aliphatic heterocycles. The highest BCUT2D eigenvalue weighted by atomic mass is 35.5. The van der Waals surface area contributed by atoms with Crippen molar-refractivity contribution in [2.75, 3.05) is 7.11 Å². The van der Waals surface area contributed by atoms with Gasteiger partial charge < -0.3 is 9.84 Å². The third-order valence-electron chi connectivity index (χ3n) is 1.46. The Balaban J connectivity index is 3.20. The zero-order valence-corrected chi connectivity index (χ0v) is 7.91.